The highest BCUT2D eigenvalue weighted by atomic mass is 32.2. The lowest BCUT2D eigenvalue weighted by Crippen LogP contribution is -2.54. The summed E-state index contributed by atoms with van der Waals surface area (Å²) in [6, 6.07) is 15.1. The van der Waals surface area contributed by atoms with Gasteiger partial charge >= 0.3 is 0 Å². The number of hydrogen-bond acceptors (Lipinski definition) is 5. The lowest BCUT2D eigenvalue weighted by Gasteiger charge is -2.39. The third-order valence-corrected chi connectivity index (χ3v) is 7.76. The summed E-state index contributed by atoms with van der Waals surface area (Å²) >= 11 is 0. The summed E-state index contributed by atoms with van der Waals surface area (Å²) in [7, 11) is 1.63. The molecule has 0 aliphatic carbocycles. The average molecular weight is 400 g/mol. The van der Waals surface area contributed by atoms with Gasteiger partial charge in [0, 0.05) is 32.2 Å². The van der Waals surface area contributed by atoms with Gasteiger partial charge in [-0.25, -0.2) is 17.6 Å². The molecule has 0 aromatic heterocycles. The van der Waals surface area contributed by atoms with E-state index >= 15 is 0 Å². The minimum atomic E-state index is -3.45. The topological polar surface area (TPSA) is 61.9 Å². The van der Waals surface area contributed by atoms with Gasteiger partial charge < -0.3 is 4.90 Å². The molecule has 0 fully saturated rings. The second-order valence-electron chi connectivity index (χ2n) is 7.97. The summed E-state index contributed by atoms with van der Waals surface area (Å²) in [5.41, 5.74) is 6.18. The number of hydroxylamine groups is 1. The van der Waals surface area contributed by atoms with Gasteiger partial charge in [-0.3, -0.25) is 5.48 Å². The fourth-order valence-electron chi connectivity index (χ4n) is 4.11. The largest absolute Gasteiger partial charge is 0.340 e. The summed E-state index contributed by atoms with van der Waals surface area (Å²) in [6.45, 7) is 4.34. The summed E-state index contributed by atoms with van der Waals surface area (Å²) in [5.74, 6) is 0. The lowest BCUT2D eigenvalue weighted by molar-refractivity contribution is -0.0678. The second kappa shape index (κ2) is 6.07. The van der Waals surface area contributed by atoms with Gasteiger partial charge in [-0.2, -0.15) is 0 Å². The number of likely N-dealkylation sites (N-methyl/N-ethyl adjacent to an activating group) is 1. The Morgan fingerprint density at radius 3 is 2.29 bits per heavy atom. The lowest BCUT2D eigenvalue weighted by atomic mass is 9.77. The highest BCUT2D eigenvalue weighted by Crippen LogP contribution is 2.54. The molecule has 6 nitrogen and oxygen atoms in total. The van der Waals surface area contributed by atoms with E-state index in [0.717, 1.165) is 16.9 Å². The molecule has 1 spiro atoms. The van der Waals surface area contributed by atoms with Crippen molar-refractivity contribution in [2.75, 3.05) is 26.0 Å². The van der Waals surface area contributed by atoms with Crippen LogP contribution in [0, 0.1) is 0 Å². The van der Waals surface area contributed by atoms with Crippen molar-refractivity contribution in [1.29, 1.82) is 0 Å². The van der Waals surface area contributed by atoms with Crippen LogP contribution in [0.5, 0.6) is 0 Å². The monoisotopic (exact) mass is 399 g/mol. The number of nitrogens with zero attached hydrogens (tertiary/aromatic N) is 2. The molecule has 0 saturated carbocycles. The minimum Gasteiger partial charge on any atom is -0.340 e. The van der Waals surface area contributed by atoms with Crippen LogP contribution in [0.4, 0.5) is 5.69 Å². The Labute approximate surface area is 166 Å². The zero-order valence-electron chi connectivity index (χ0n) is 16.7. The Balaban J connectivity index is 1.72. The SMILES string of the molecule is CN1c2ccccc2C(C)(C)[C@@]12C=C(c1ccc(S(=O)(=O)N(C)C)cc1)NO2. The molecule has 2 aliphatic heterocycles. The molecule has 28 heavy (non-hydrogen) atoms. The third kappa shape index (κ3) is 2.43. The maximum absolute atomic E-state index is 12.3. The molecule has 148 valence electrons. The molecule has 0 saturated heterocycles. The van der Waals surface area contributed by atoms with Crippen molar-refractivity contribution >= 4 is 21.4 Å². The quantitative estimate of drug-likeness (QED) is 0.860. The molecule has 1 atom stereocenters. The van der Waals surface area contributed by atoms with Gasteiger partial charge in [0.25, 0.3) is 0 Å². The van der Waals surface area contributed by atoms with Crippen LogP contribution < -0.4 is 10.4 Å². The maximum atomic E-state index is 12.3. The van der Waals surface area contributed by atoms with Crippen molar-refractivity contribution in [1.82, 2.24) is 9.79 Å². The van der Waals surface area contributed by atoms with E-state index in [-0.39, 0.29) is 10.3 Å². The van der Waals surface area contributed by atoms with Crippen molar-refractivity contribution < 1.29 is 13.3 Å². The van der Waals surface area contributed by atoms with Crippen molar-refractivity contribution in [3.63, 3.8) is 0 Å². The van der Waals surface area contributed by atoms with Crippen LogP contribution >= 0.6 is 0 Å². The van der Waals surface area contributed by atoms with Gasteiger partial charge in [-0.1, -0.05) is 44.2 Å². The van der Waals surface area contributed by atoms with E-state index in [1.54, 1.807) is 24.3 Å². The number of hydrogen-bond donors (Lipinski definition) is 1. The fourth-order valence-corrected chi connectivity index (χ4v) is 5.01. The van der Waals surface area contributed by atoms with Crippen LogP contribution in [0.25, 0.3) is 5.70 Å². The number of fused-ring (bicyclic) bond motifs is 1. The van der Waals surface area contributed by atoms with Gasteiger partial charge in [-0.05, 0) is 35.4 Å². The molecule has 0 amide bonds. The third-order valence-electron chi connectivity index (χ3n) is 5.93. The predicted octanol–water partition coefficient (Wildman–Crippen LogP) is 2.94. The molecule has 7 heteroatoms. The Hall–Kier alpha value is -2.35. The Morgan fingerprint density at radius 1 is 1.04 bits per heavy atom. The predicted molar refractivity (Wildman–Crippen MR) is 110 cm³/mol. The first-order chi connectivity index (χ1) is 13.1. The van der Waals surface area contributed by atoms with Crippen LogP contribution in [0.15, 0.2) is 59.5 Å². The molecule has 0 unspecified atom stereocenters. The first kappa shape index (κ1) is 19.0. The van der Waals surface area contributed by atoms with Crippen molar-refractivity contribution in [3.8, 4) is 0 Å². The molecular formula is C21H25N3O3S. The summed E-state index contributed by atoms with van der Waals surface area (Å²) < 4.78 is 25.8. The van der Waals surface area contributed by atoms with Crippen LogP contribution in [0.3, 0.4) is 0 Å². The van der Waals surface area contributed by atoms with Crippen LogP contribution in [0.2, 0.25) is 0 Å². The number of nitrogens with one attached hydrogen (secondary N) is 1. The Bertz CT molecular complexity index is 1060. The highest BCUT2D eigenvalue weighted by molar-refractivity contribution is 7.89. The number of rotatable bonds is 3. The second-order valence-corrected chi connectivity index (χ2v) is 10.1. The van der Waals surface area contributed by atoms with E-state index in [0.29, 0.717) is 0 Å². The first-order valence-electron chi connectivity index (χ1n) is 9.14. The molecule has 4 rings (SSSR count). The molecule has 2 aromatic rings. The number of sulfonamides is 1. The van der Waals surface area contributed by atoms with Crippen LogP contribution in [-0.4, -0.2) is 39.6 Å². The van der Waals surface area contributed by atoms with E-state index in [4.69, 9.17) is 4.84 Å². The number of anilines is 1. The van der Waals surface area contributed by atoms with E-state index in [9.17, 15) is 8.42 Å². The van der Waals surface area contributed by atoms with E-state index in [2.05, 4.69) is 42.4 Å². The molecule has 2 aliphatic rings. The van der Waals surface area contributed by atoms with E-state index in [1.807, 2.05) is 19.2 Å². The molecule has 1 N–H and O–H groups in total. The minimum absolute atomic E-state index is 0.265. The van der Waals surface area contributed by atoms with Crippen LogP contribution in [0.1, 0.15) is 25.0 Å². The normalized spacial score (nSPS) is 23.1. The van der Waals surface area contributed by atoms with Gasteiger partial charge in [0.1, 0.15) is 0 Å². The van der Waals surface area contributed by atoms with Gasteiger partial charge in [0.2, 0.25) is 10.0 Å². The summed E-state index contributed by atoms with van der Waals surface area (Å²) in [6.07, 6.45) is 2.09. The zero-order valence-corrected chi connectivity index (χ0v) is 17.5. The maximum Gasteiger partial charge on any atom is 0.242 e. The summed E-state index contributed by atoms with van der Waals surface area (Å²) in [5, 5.41) is 0. The molecule has 2 aromatic carbocycles. The molecule has 2 heterocycles. The zero-order chi connectivity index (χ0) is 20.3. The van der Waals surface area contributed by atoms with Crippen molar-refractivity contribution in [2.45, 2.75) is 29.9 Å². The number of benzene rings is 2. The van der Waals surface area contributed by atoms with Gasteiger partial charge in [0.05, 0.1) is 10.6 Å². The van der Waals surface area contributed by atoms with Crippen LogP contribution in [-0.2, 0) is 20.3 Å². The Kier molecular flexibility index (Phi) is 4.12. The average Bonchev–Trinajstić information content (AvgIpc) is 3.20. The van der Waals surface area contributed by atoms with Crippen molar-refractivity contribution in [2.24, 2.45) is 0 Å². The Morgan fingerprint density at radius 2 is 1.68 bits per heavy atom. The number of para-hydroxylation sites is 1. The smallest absolute Gasteiger partial charge is 0.242 e. The van der Waals surface area contributed by atoms with E-state index < -0.39 is 15.7 Å². The summed E-state index contributed by atoms with van der Waals surface area (Å²) in [4.78, 5) is 8.58. The highest BCUT2D eigenvalue weighted by Gasteiger charge is 2.58. The standard InChI is InChI=1S/C21H25N3O3S/c1-20(2)17-8-6-7-9-19(17)24(5)21(20)14-18(22-27-21)15-10-12-16(13-11-15)28(25,26)23(3)4/h6-14,22H,1-5H3/t21-/m0/s1. The van der Waals surface area contributed by atoms with Gasteiger partial charge in [-0.15, -0.1) is 0 Å². The first-order valence-corrected chi connectivity index (χ1v) is 10.6. The molecule has 0 bridgehead atoms. The molecular weight excluding hydrogens is 374 g/mol. The van der Waals surface area contributed by atoms with Crippen molar-refractivity contribution in [3.05, 3.63) is 65.7 Å². The van der Waals surface area contributed by atoms with E-state index in [1.165, 1.54) is 24.0 Å². The van der Waals surface area contributed by atoms with Gasteiger partial charge in [0.15, 0.2) is 5.72 Å². The molecule has 0 radical (unpaired) electrons. The fraction of sp³-hybridized carbons (Fsp3) is 0.333.